The number of carbonyl (C=O) groups excluding carboxylic acids is 2. The number of nitrogens with zero attached hydrogens (tertiary/aromatic N) is 1. The maximum absolute atomic E-state index is 13.4. The van der Waals surface area contributed by atoms with Gasteiger partial charge >= 0.3 is 0 Å². The molecule has 108 valence electrons. The summed E-state index contributed by atoms with van der Waals surface area (Å²) in [5.74, 6) is -2.16. The van der Waals surface area contributed by atoms with Crippen LogP contribution in [0.4, 0.5) is 10.2 Å². The molecule has 0 aliphatic heterocycles. The van der Waals surface area contributed by atoms with E-state index in [9.17, 15) is 19.1 Å². The monoisotopic (exact) mass is 289 g/mol. The largest absolute Gasteiger partial charge is 0.504 e. The highest BCUT2D eigenvalue weighted by molar-refractivity contribution is 5.99. The van der Waals surface area contributed by atoms with E-state index < -0.39 is 17.6 Å². The first-order valence-corrected chi connectivity index (χ1v) is 6.04. The first-order chi connectivity index (χ1) is 10.1. The Hall–Kier alpha value is -2.96. The Bertz CT molecular complexity index is 676. The van der Waals surface area contributed by atoms with Crippen molar-refractivity contribution >= 4 is 17.6 Å². The highest BCUT2D eigenvalue weighted by atomic mass is 19.1. The summed E-state index contributed by atoms with van der Waals surface area (Å²) in [6, 6.07) is 8.31. The van der Waals surface area contributed by atoms with Gasteiger partial charge in [-0.05, 0) is 24.3 Å². The predicted molar refractivity (Wildman–Crippen MR) is 73.3 cm³/mol. The molecule has 0 saturated heterocycles. The molecule has 0 fully saturated rings. The molecule has 6 nitrogen and oxygen atoms in total. The number of amides is 2. The minimum absolute atomic E-state index is 0.0114. The van der Waals surface area contributed by atoms with Crippen LogP contribution in [0.1, 0.15) is 10.4 Å². The Morgan fingerprint density at radius 3 is 2.67 bits per heavy atom. The Labute approximate surface area is 119 Å². The summed E-state index contributed by atoms with van der Waals surface area (Å²) in [4.78, 5) is 27.1. The van der Waals surface area contributed by atoms with Gasteiger partial charge in [0.1, 0.15) is 5.82 Å². The van der Waals surface area contributed by atoms with E-state index in [4.69, 9.17) is 0 Å². The van der Waals surface area contributed by atoms with E-state index in [0.29, 0.717) is 0 Å². The third kappa shape index (κ3) is 3.75. The average molecular weight is 289 g/mol. The van der Waals surface area contributed by atoms with E-state index in [2.05, 4.69) is 15.6 Å². The van der Waals surface area contributed by atoms with Crippen LogP contribution in [0.3, 0.4) is 0 Å². The summed E-state index contributed by atoms with van der Waals surface area (Å²) in [5, 5.41) is 14.0. The fourth-order valence-electron chi connectivity index (χ4n) is 1.57. The van der Waals surface area contributed by atoms with Crippen molar-refractivity contribution in [3.63, 3.8) is 0 Å². The molecular formula is C14H12FN3O3. The van der Waals surface area contributed by atoms with Crippen molar-refractivity contribution in [2.75, 3.05) is 11.9 Å². The minimum atomic E-state index is -0.700. The van der Waals surface area contributed by atoms with Crippen molar-refractivity contribution in [3.8, 4) is 5.75 Å². The SMILES string of the molecule is O=C(CNC(=O)c1ccccc1F)Nc1ncccc1O. The lowest BCUT2D eigenvalue weighted by Crippen LogP contribution is -2.33. The molecule has 0 spiro atoms. The molecule has 2 amide bonds. The lowest BCUT2D eigenvalue weighted by molar-refractivity contribution is -0.115. The van der Waals surface area contributed by atoms with Crippen LogP contribution < -0.4 is 10.6 Å². The number of nitrogens with one attached hydrogen (secondary N) is 2. The maximum atomic E-state index is 13.4. The number of halogens is 1. The molecule has 0 atom stereocenters. The predicted octanol–water partition coefficient (Wildman–Crippen LogP) is 1.29. The van der Waals surface area contributed by atoms with Gasteiger partial charge in [-0.25, -0.2) is 9.37 Å². The smallest absolute Gasteiger partial charge is 0.254 e. The van der Waals surface area contributed by atoms with Gasteiger partial charge in [-0.15, -0.1) is 0 Å². The normalized spacial score (nSPS) is 9.95. The van der Waals surface area contributed by atoms with E-state index in [-0.39, 0.29) is 23.7 Å². The fourth-order valence-corrected chi connectivity index (χ4v) is 1.57. The van der Waals surface area contributed by atoms with Gasteiger partial charge in [0, 0.05) is 6.20 Å². The Morgan fingerprint density at radius 1 is 1.19 bits per heavy atom. The zero-order chi connectivity index (χ0) is 15.2. The van der Waals surface area contributed by atoms with Crippen molar-refractivity contribution in [2.24, 2.45) is 0 Å². The van der Waals surface area contributed by atoms with E-state index >= 15 is 0 Å². The Balaban J connectivity index is 1.91. The van der Waals surface area contributed by atoms with Crippen molar-refractivity contribution in [2.45, 2.75) is 0 Å². The van der Waals surface area contributed by atoms with Gasteiger partial charge in [-0.1, -0.05) is 12.1 Å². The maximum Gasteiger partial charge on any atom is 0.254 e. The van der Waals surface area contributed by atoms with Gasteiger partial charge in [0.15, 0.2) is 11.6 Å². The number of hydrogen-bond donors (Lipinski definition) is 3. The van der Waals surface area contributed by atoms with Crippen molar-refractivity contribution < 1.29 is 19.1 Å². The molecule has 0 bridgehead atoms. The molecule has 3 N–H and O–H groups in total. The zero-order valence-corrected chi connectivity index (χ0v) is 10.8. The lowest BCUT2D eigenvalue weighted by Gasteiger charge is -2.07. The van der Waals surface area contributed by atoms with Gasteiger partial charge in [0.2, 0.25) is 5.91 Å². The van der Waals surface area contributed by atoms with Crippen LogP contribution in [0, 0.1) is 5.82 Å². The topological polar surface area (TPSA) is 91.3 Å². The molecule has 1 aromatic heterocycles. The first-order valence-electron chi connectivity index (χ1n) is 6.04. The van der Waals surface area contributed by atoms with Crippen molar-refractivity contribution in [1.82, 2.24) is 10.3 Å². The zero-order valence-electron chi connectivity index (χ0n) is 10.8. The number of hydrogen-bond acceptors (Lipinski definition) is 4. The van der Waals surface area contributed by atoms with Crippen LogP contribution in [-0.4, -0.2) is 28.4 Å². The number of aromatic nitrogens is 1. The molecule has 0 aliphatic carbocycles. The quantitative estimate of drug-likeness (QED) is 0.791. The van der Waals surface area contributed by atoms with Crippen LogP contribution in [0.5, 0.6) is 5.75 Å². The van der Waals surface area contributed by atoms with Crippen molar-refractivity contribution in [3.05, 3.63) is 54.0 Å². The van der Waals surface area contributed by atoms with Gasteiger partial charge in [-0.3, -0.25) is 9.59 Å². The minimum Gasteiger partial charge on any atom is -0.504 e. The first kappa shape index (κ1) is 14.4. The second-order valence-electron chi connectivity index (χ2n) is 4.08. The van der Waals surface area contributed by atoms with Crippen molar-refractivity contribution in [1.29, 1.82) is 0 Å². The molecule has 1 heterocycles. The third-order valence-electron chi connectivity index (χ3n) is 2.57. The summed E-state index contributed by atoms with van der Waals surface area (Å²) < 4.78 is 13.4. The second-order valence-corrected chi connectivity index (χ2v) is 4.08. The van der Waals surface area contributed by atoms with Gasteiger partial charge < -0.3 is 15.7 Å². The summed E-state index contributed by atoms with van der Waals surface area (Å²) >= 11 is 0. The van der Waals surface area contributed by atoms with Crippen LogP contribution >= 0.6 is 0 Å². The number of pyridine rings is 1. The summed E-state index contributed by atoms with van der Waals surface area (Å²) in [7, 11) is 0. The van der Waals surface area contributed by atoms with Gasteiger partial charge in [0.25, 0.3) is 5.91 Å². The Morgan fingerprint density at radius 2 is 1.95 bits per heavy atom. The fraction of sp³-hybridized carbons (Fsp3) is 0.0714. The summed E-state index contributed by atoms with van der Waals surface area (Å²) in [5.41, 5.74) is -0.147. The van der Waals surface area contributed by atoms with Crippen LogP contribution in [-0.2, 0) is 4.79 Å². The molecule has 0 saturated carbocycles. The van der Waals surface area contributed by atoms with E-state index in [1.807, 2.05) is 0 Å². The van der Waals surface area contributed by atoms with E-state index in [0.717, 1.165) is 6.07 Å². The molecular weight excluding hydrogens is 277 g/mol. The number of carbonyl (C=O) groups is 2. The molecule has 1 aromatic carbocycles. The average Bonchev–Trinajstić information content (AvgIpc) is 2.48. The number of rotatable bonds is 4. The molecule has 21 heavy (non-hydrogen) atoms. The molecule has 0 aliphatic rings. The molecule has 2 aromatic rings. The summed E-state index contributed by atoms with van der Waals surface area (Å²) in [6.07, 6.45) is 1.40. The molecule has 7 heteroatoms. The summed E-state index contributed by atoms with van der Waals surface area (Å²) in [6.45, 7) is -0.372. The Kier molecular flexibility index (Phi) is 4.45. The highest BCUT2D eigenvalue weighted by Crippen LogP contribution is 2.17. The number of aromatic hydroxyl groups is 1. The standard InChI is InChI=1S/C14H12FN3O3/c15-10-5-2-1-4-9(10)14(21)17-8-12(20)18-13-11(19)6-3-7-16-13/h1-7,19H,8H2,(H,17,21)(H,16,18,20). The molecule has 0 radical (unpaired) electrons. The van der Waals surface area contributed by atoms with E-state index in [1.165, 1.54) is 36.5 Å². The lowest BCUT2D eigenvalue weighted by atomic mass is 10.2. The highest BCUT2D eigenvalue weighted by Gasteiger charge is 2.13. The van der Waals surface area contributed by atoms with Crippen LogP contribution in [0.2, 0.25) is 0 Å². The number of benzene rings is 1. The van der Waals surface area contributed by atoms with E-state index in [1.54, 1.807) is 0 Å². The molecule has 0 unspecified atom stereocenters. The van der Waals surface area contributed by atoms with Gasteiger partial charge in [0.05, 0.1) is 12.1 Å². The second kappa shape index (κ2) is 6.47. The third-order valence-corrected chi connectivity index (χ3v) is 2.57. The van der Waals surface area contributed by atoms with Gasteiger partial charge in [-0.2, -0.15) is 0 Å². The van der Waals surface area contributed by atoms with Crippen LogP contribution in [0.25, 0.3) is 0 Å². The number of anilines is 1. The molecule has 2 rings (SSSR count). The van der Waals surface area contributed by atoms with Crippen LogP contribution in [0.15, 0.2) is 42.6 Å².